The molecule has 3 N–H and O–H groups in total. The molecule has 1 aromatic carbocycles. The molecule has 1 aliphatic rings. The summed E-state index contributed by atoms with van der Waals surface area (Å²) in [7, 11) is 0. The molecule has 6 heteroatoms. The number of nitrogen functional groups attached to an aromatic ring is 1. The smallest absolute Gasteiger partial charge is 0.262 e. The van der Waals surface area contributed by atoms with Gasteiger partial charge in [0.15, 0.2) is 6.61 Å². The summed E-state index contributed by atoms with van der Waals surface area (Å²) in [6.45, 7) is 0.0119. The van der Waals surface area contributed by atoms with Crippen molar-refractivity contribution in [3.05, 3.63) is 36.0 Å². The normalized spacial score (nSPS) is 12.8. The number of pyridine rings is 1. The Labute approximate surface area is 114 Å². The van der Waals surface area contributed by atoms with Crippen LogP contribution in [0, 0.1) is 11.3 Å². The highest BCUT2D eigenvalue weighted by Gasteiger charge is 2.17. The lowest BCUT2D eigenvalue weighted by molar-refractivity contribution is -0.118. The van der Waals surface area contributed by atoms with E-state index in [1.165, 1.54) is 0 Å². The van der Waals surface area contributed by atoms with Crippen molar-refractivity contribution < 1.29 is 9.53 Å². The molecule has 2 aromatic rings. The van der Waals surface area contributed by atoms with E-state index in [1.807, 2.05) is 12.1 Å². The van der Waals surface area contributed by atoms with Gasteiger partial charge in [-0.3, -0.25) is 4.79 Å². The fourth-order valence-corrected chi connectivity index (χ4v) is 2.09. The predicted molar refractivity (Wildman–Crippen MR) is 72.9 cm³/mol. The second-order valence-corrected chi connectivity index (χ2v) is 4.28. The number of fused-ring (bicyclic) bond motifs is 1. The first-order valence-electron chi connectivity index (χ1n) is 5.90. The van der Waals surface area contributed by atoms with Crippen molar-refractivity contribution in [3.63, 3.8) is 0 Å². The lowest BCUT2D eigenvalue weighted by atomic mass is 10.0. The van der Waals surface area contributed by atoms with Gasteiger partial charge < -0.3 is 15.8 Å². The number of ether oxygens (including phenoxy) is 1. The molecule has 0 bridgehead atoms. The molecule has 0 radical (unpaired) electrons. The van der Waals surface area contributed by atoms with Crippen LogP contribution >= 0.6 is 0 Å². The molecular formula is C14H10N4O2. The van der Waals surface area contributed by atoms with Crippen molar-refractivity contribution in [2.24, 2.45) is 0 Å². The van der Waals surface area contributed by atoms with Gasteiger partial charge in [0.05, 0.1) is 5.69 Å². The molecule has 0 unspecified atom stereocenters. The first-order chi connectivity index (χ1) is 9.69. The summed E-state index contributed by atoms with van der Waals surface area (Å²) in [5.41, 5.74) is 8.03. The maximum absolute atomic E-state index is 11.3. The number of amides is 1. The van der Waals surface area contributed by atoms with E-state index < -0.39 is 0 Å². The Kier molecular flexibility index (Phi) is 2.73. The van der Waals surface area contributed by atoms with Crippen molar-refractivity contribution in [2.75, 3.05) is 17.7 Å². The Morgan fingerprint density at radius 1 is 1.40 bits per heavy atom. The van der Waals surface area contributed by atoms with E-state index in [1.54, 1.807) is 24.4 Å². The Hall–Kier alpha value is -3.07. The van der Waals surface area contributed by atoms with E-state index in [9.17, 15) is 10.1 Å². The first-order valence-corrected chi connectivity index (χ1v) is 5.90. The second-order valence-electron chi connectivity index (χ2n) is 4.28. The van der Waals surface area contributed by atoms with Gasteiger partial charge >= 0.3 is 0 Å². The summed E-state index contributed by atoms with van der Waals surface area (Å²) in [5.74, 6) is 0.585. The molecule has 0 spiro atoms. The topological polar surface area (TPSA) is 101 Å². The van der Waals surface area contributed by atoms with Gasteiger partial charge in [0.1, 0.15) is 23.2 Å². The number of rotatable bonds is 1. The van der Waals surface area contributed by atoms with Crippen molar-refractivity contribution in [1.82, 2.24) is 4.98 Å². The van der Waals surface area contributed by atoms with Crippen molar-refractivity contribution >= 4 is 17.4 Å². The Morgan fingerprint density at radius 2 is 2.25 bits per heavy atom. The van der Waals surface area contributed by atoms with Gasteiger partial charge in [0, 0.05) is 11.8 Å². The number of nitrogens with two attached hydrogens (primary N) is 1. The van der Waals surface area contributed by atoms with Gasteiger partial charge in [0.25, 0.3) is 5.91 Å². The van der Waals surface area contributed by atoms with Gasteiger partial charge in [0.2, 0.25) is 0 Å². The molecule has 1 aromatic heterocycles. The molecule has 6 nitrogen and oxygen atoms in total. The largest absolute Gasteiger partial charge is 0.482 e. The molecule has 0 atom stereocenters. The minimum atomic E-state index is -0.204. The van der Waals surface area contributed by atoms with E-state index in [2.05, 4.69) is 10.3 Å². The standard InChI is InChI=1S/C14H10N4O2/c15-6-10-9(3-4-17-14(10)16)8-1-2-12-11(5-8)18-13(19)7-20-12/h1-5H,7H2,(H2,16,17)(H,18,19). The minimum absolute atomic E-state index is 0.0119. The van der Waals surface area contributed by atoms with E-state index in [-0.39, 0.29) is 18.3 Å². The highest BCUT2D eigenvalue weighted by Crippen LogP contribution is 2.34. The van der Waals surface area contributed by atoms with Gasteiger partial charge in [-0.25, -0.2) is 4.98 Å². The highest BCUT2D eigenvalue weighted by molar-refractivity contribution is 5.96. The Balaban J connectivity index is 2.13. The lowest BCUT2D eigenvalue weighted by Crippen LogP contribution is -2.25. The second kappa shape index (κ2) is 4.55. The number of nitrogens with zero attached hydrogens (tertiary/aromatic N) is 2. The molecule has 1 amide bonds. The number of benzene rings is 1. The van der Waals surface area contributed by atoms with E-state index in [0.29, 0.717) is 22.6 Å². The number of carbonyl (C=O) groups is 1. The van der Waals surface area contributed by atoms with Crippen LogP contribution < -0.4 is 15.8 Å². The maximum atomic E-state index is 11.3. The maximum Gasteiger partial charge on any atom is 0.262 e. The van der Waals surface area contributed by atoms with Crippen LogP contribution in [-0.4, -0.2) is 17.5 Å². The quantitative estimate of drug-likeness (QED) is 0.815. The number of hydrogen-bond donors (Lipinski definition) is 2. The SMILES string of the molecule is N#Cc1c(-c2ccc3c(c2)NC(=O)CO3)ccnc1N. The Bertz CT molecular complexity index is 749. The molecule has 3 rings (SSSR count). The number of hydrogen-bond acceptors (Lipinski definition) is 5. The number of anilines is 2. The van der Waals surface area contributed by atoms with E-state index in [4.69, 9.17) is 10.5 Å². The number of aromatic nitrogens is 1. The third-order valence-electron chi connectivity index (χ3n) is 3.02. The van der Waals surface area contributed by atoms with Crippen molar-refractivity contribution in [2.45, 2.75) is 0 Å². The molecule has 20 heavy (non-hydrogen) atoms. The summed E-state index contributed by atoms with van der Waals surface area (Å²) in [6, 6.07) is 9.07. The average Bonchev–Trinajstić information content (AvgIpc) is 2.46. The fourth-order valence-electron chi connectivity index (χ4n) is 2.09. The van der Waals surface area contributed by atoms with Crippen LogP contribution in [0.15, 0.2) is 30.5 Å². The van der Waals surface area contributed by atoms with E-state index >= 15 is 0 Å². The average molecular weight is 266 g/mol. The lowest BCUT2D eigenvalue weighted by Gasteiger charge is -2.18. The highest BCUT2D eigenvalue weighted by atomic mass is 16.5. The van der Waals surface area contributed by atoms with Gasteiger partial charge in [-0.05, 0) is 23.8 Å². The van der Waals surface area contributed by atoms with Crippen LogP contribution in [-0.2, 0) is 4.79 Å². The molecule has 0 fully saturated rings. The molecule has 0 saturated heterocycles. The number of nitrogens with one attached hydrogen (secondary N) is 1. The zero-order chi connectivity index (χ0) is 14.1. The third-order valence-corrected chi connectivity index (χ3v) is 3.02. The zero-order valence-corrected chi connectivity index (χ0v) is 10.4. The molecule has 2 heterocycles. The molecule has 0 saturated carbocycles. The molecule has 98 valence electrons. The number of nitriles is 1. The minimum Gasteiger partial charge on any atom is -0.482 e. The van der Waals surface area contributed by atoms with Crippen molar-refractivity contribution in [3.8, 4) is 22.9 Å². The van der Waals surface area contributed by atoms with Gasteiger partial charge in [-0.2, -0.15) is 5.26 Å². The fraction of sp³-hybridized carbons (Fsp3) is 0.0714. The van der Waals surface area contributed by atoms with E-state index in [0.717, 1.165) is 5.56 Å². The summed E-state index contributed by atoms with van der Waals surface area (Å²) < 4.78 is 5.29. The summed E-state index contributed by atoms with van der Waals surface area (Å²) >= 11 is 0. The van der Waals surface area contributed by atoms with Crippen LogP contribution in [0.4, 0.5) is 11.5 Å². The zero-order valence-electron chi connectivity index (χ0n) is 10.4. The van der Waals surface area contributed by atoms with Crippen molar-refractivity contribution in [1.29, 1.82) is 5.26 Å². The Morgan fingerprint density at radius 3 is 3.05 bits per heavy atom. The molecule has 1 aliphatic heterocycles. The van der Waals surface area contributed by atoms with Crippen LogP contribution in [0.2, 0.25) is 0 Å². The number of carbonyl (C=O) groups excluding carboxylic acids is 1. The first kappa shape index (κ1) is 12.0. The van der Waals surface area contributed by atoms with Gasteiger partial charge in [-0.1, -0.05) is 6.07 Å². The summed E-state index contributed by atoms with van der Waals surface area (Å²) in [5, 5.41) is 11.9. The van der Waals surface area contributed by atoms with Crippen LogP contribution in [0.5, 0.6) is 5.75 Å². The third kappa shape index (κ3) is 1.91. The van der Waals surface area contributed by atoms with Crippen LogP contribution in [0.3, 0.4) is 0 Å². The molecule has 0 aliphatic carbocycles. The summed E-state index contributed by atoms with van der Waals surface area (Å²) in [6.07, 6.45) is 1.54. The summed E-state index contributed by atoms with van der Waals surface area (Å²) in [4.78, 5) is 15.2. The van der Waals surface area contributed by atoms with Crippen LogP contribution in [0.1, 0.15) is 5.56 Å². The predicted octanol–water partition coefficient (Wildman–Crippen LogP) is 1.53. The monoisotopic (exact) mass is 266 g/mol. The van der Waals surface area contributed by atoms with Gasteiger partial charge in [-0.15, -0.1) is 0 Å². The molecular weight excluding hydrogens is 256 g/mol. The van der Waals surface area contributed by atoms with Crippen LogP contribution in [0.25, 0.3) is 11.1 Å².